The van der Waals surface area contributed by atoms with E-state index in [1.54, 1.807) is 12.3 Å². The molecule has 0 saturated heterocycles. The third-order valence-corrected chi connectivity index (χ3v) is 7.39. The molecule has 4 N–H and O–H groups in total. The Morgan fingerprint density at radius 1 is 1.18 bits per heavy atom. The topological polar surface area (TPSA) is 143 Å². The Kier molecular flexibility index (Phi) is 5.44. The van der Waals surface area contributed by atoms with Crippen molar-refractivity contribution in [2.75, 3.05) is 17.4 Å². The Bertz CT molecular complexity index is 1360. The lowest BCUT2D eigenvalue weighted by Gasteiger charge is -2.49. The monoisotopic (exact) mass is 483 g/mol. The summed E-state index contributed by atoms with van der Waals surface area (Å²) in [5.74, 6) is 2.40. The number of anilines is 3. The second-order valence-electron chi connectivity index (χ2n) is 9.11. The van der Waals surface area contributed by atoms with E-state index in [4.69, 9.17) is 10.1 Å². The molecule has 0 amide bonds. The molecule has 0 bridgehead atoms. The minimum absolute atomic E-state index is 0.193. The smallest absolute Gasteiger partial charge is 0.255 e. The average molecular weight is 484 g/mol. The van der Waals surface area contributed by atoms with E-state index < -0.39 is 10.0 Å². The number of hydrazine groups is 1. The van der Waals surface area contributed by atoms with Crippen molar-refractivity contribution in [2.45, 2.75) is 62.6 Å². The Balaban J connectivity index is 1.61. The lowest BCUT2D eigenvalue weighted by Crippen LogP contribution is -2.62. The van der Waals surface area contributed by atoms with E-state index >= 15 is 0 Å². The quantitative estimate of drug-likeness (QED) is 0.514. The number of primary sulfonamides is 1. The van der Waals surface area contributed by atoms with Gasteiger partial charge in [0, 0.05) is 24.7 Å². The van der Waals surface area contributed by atoms with Crippen molar-refractivity contribution in [3.63, 3.8) is 0 Å². The standard InChI is InChI=1S/C22H29N9O2S/c1-14(2)31-18-11-15-12-26-21(27-16-7-8-17(25-13-16)34(23,32)33)28-19(15)30(18)22(20(24-3)29-31)9-5-4-6-10-22/h7-8,11-14H,4-6,9-10H2,1-3H3,(H,24,29)(H2,23,32,33)(H,26,27,28). The number of hydrogen-bond donors (Lipinski definition) is 3. The molecular formula is C22H29N9O2S. The third-order valence-electron chi connectivity index (χ3n) is 6.57. The van der Waals surface area contributed by atoms with Gasteiger partial charge in [-0.3, -0.25) is 20.0 Å². The summed E-state index contributed by atoms with van der Waals surface area (Å²) in [5.41, 5.74) is 4.70. The van der Waals surface area contributed by atoms with Crippen molar-refractivity contribution in [1.29, 1.82) is 0 Å². The maximum absolute atomic E-state index is 11.5. The molecule has 0 radical (unpaired) electrons. The zero-order valence-electron chi connectivity index (χ0n) is 19.5. The van der Waals surface area contributed by atoms with Crippen LogP contribution in [0.3, 0.4) is 0 Å². The van der Waals surface area contributed by atoms with E-state index in [-0.39, 0.29) is 16.6 Å². The highest BCUT2D eigenvalue weighted by Crippen LogP contribution is 2.44. The molecule has 1 spiro atoms. The highest BCUT2D eigenvalue weighted by Gasteiger charge is 2.46. The van der Waals surface area contributed by atoms with Crippen molar-refractivity contribution < 1.29 is 8.42 Å². The summed E-state index contributed by atoms with van der Waals surface area (Å²) in [6, 6.07) is 5.26. The van der Waals surface area contributed by atoms with E-state index in [1.807, 2.05) is 7.05 Å². The normalized spacial score (nSPS) is 19.0. The third kappa shape index (κ3) is 3.66. The molecule has 4 heterocycles. The second-order valence-corrected chi connectivity index (χ2v) is 10.6. The van der Waals surface area contributed by atoms with Crippen LogP contribution in [0.25, 0.3) is 11.0 Å². The highest BCUT2D eigenvalue weighted by molar-refractivity contribution is 7.89. The van der Waals surface area contributed by atoms with E-state index in [0.717, 1.165) is 48.4 Å². The zero-order chi connectivity index (χ0) is 24.1. The number of sulfonamides is 1. The number of aromatic nitrogens is 4. The zero-order valence-corrected chi connectivity index (χ0v) is 20.3. The molecule has 180 valence electrons. The first-order valence-corrected chi connectivity index (χ1v) is 13.0. The average Bonchev–Trinajstić information content (AvgIpc) is 3.19. The number of nitrogens with two attached hydrogens (primary N) is 1. The maximum Gasteiger partial charge on any atom is 0.255 e. The first-order valence-electron chi connectivity index (χ1n) is 11.4. The van der Waals surface area contributed by atoms with Gasteiger partial charge in [0.25, 0.3) is 10.0 Å². The Hall–Kier alpha value is -3.25. The lowest BCUT2D eigenvalue weighted by molar-refractivity contribution is 0.267. The van der Waals surface area contributed by atoms with Crippen molar-refractivity contribution in [1.82, 2.24) is 24.9 Å². The molecule has 5 rings (SSSR count). The van der Waals surface area contributed by atoms with Gasteiger partial charge in [0.2, 0.25) is 5.95 Å². The molecular weight excluding hydrogens is 454 g/mol. The summed E-state index contributed by atoms with van der Waals surface area (Å²) in [7, 11) is -2.01. The van der Waals surface area contributed by atoms with E-state index in [1.165, 1.54) is 18.7 Å². The minimum Gasteiger partial charge on any atom is -0.323 e. The molecule has 1 fully saturated rings. The SMILES string of the molecule is CN=C1NN(C(C)C)c2cc3cnc(Nc4ccc(S(N)(=O)=O)nc4)nc3n2C12CCCCC2. The number of nitrogens with zero attached hydrogens (tertiary/aromatic N) is 6. The molecule has 1 aliphatic heterocycles. The van der Waals surface area contributed by atoms with Gasteiger partial charge in [-0.15, -0.1) is 0 Å². The second kappa shape index (κ2) is 8.20. The van der Waals surface area contributed by atoms with E-state index in [0.29, 0.717) is 11.6 Å². The number of hydrogen-bond acceptors (Lipinski definition) is 8. The van der Waals surface area contributed by atoms with Crippen LogP contribution in [0.15, 0.2) is 40.6 Å². The Morgan fingerprint density at radius 3 is 2.56 bits per heavy atom. The molecule has 1 saturated carbocycles. The fraction of sp³-hybridized carbons (Fsp3) is 0.455. The highest BCUT2D eigenvalue weighted by atomic mass is 32.2. The van der Waals surface area contributed by atoms with Gasteiger partial charge in [-0.2, -0.15) is 4.98 Å². The van der Waals surface area contributed by atoms with Crippen LogP contribution in [0, 0.1) is 0 Å². The van der Waals surface area contributed by atoms with Gasteiger partial charge >= 0.3 is 0 Å². The maximum atomic E-state index is 11.5. The molecule has 3 aromatic rings. The summed E-state index contributed by atoms with van der Waals surface area (Å²) in [4.78, 5) is 18.0. The fourth-order valence-corrected chi connectivity index (χ4v) is 5.47. The van der Waals surface area contributed by atoms with Crippen LogP contribution in [-0.4, -0.2) is 46.9 Å². The number of rotatable bonds is 4. The number of pyridine rings is 1. The molecule has 0 atom stereocenters. The van der Waals surface area contributed by atoms with E-state index in [2.05, 4.69) is 55.2 Å². The summed E-state index contributed by atoms with van der Waals surface area (Å²) < 4.78 is 25.3. The molecule has 11 nitrogen and oxygen atoms in total. The first-order chi connectivity index (χ1) is 16.2. The van der Waals surface area contributed by atoms with Crippen molar-refractivity contribution >= 4 is 44.3 Å². The van der Waals surface area contributed by atoms with Crippen LogP contribution >= 0.6 is 0 Å². The predicted octanol–water partition coefficient (Wildman–Crippen LogP) is 2.64. The first kappa shape index (κ1) is 22.5. The summed E-state index contributed by atoms with van der Waals surface area (Å²) in [6.07, 6.45) is 8.64. The van der Waals surface area contributed by atoms with Crippen LogP contribution in [0.1, 0.15) is 46.0 Å². The van der Waals surface area contributed by atoms with Crippen LogP contribution in [0.5, 0.6) is 0 Å². The number of fused-ring (bicyclic) bond motifs is 4. The van der Waals surface area contributed by atoms with E-state index in [9.17, 15) is 8.42 Å². The summed E-state index contributed by atoms with van der Waals surface area (Å²) in [5, 5.41) is 11.2. The fourth-order valence-electron chi connectivity index (χ4n) is 5.02. The van der Waals surface area contributed by atoms with Gasteiger partial charge in [-0.25, -0.2) is 23.5 Å². The molecule has 12 heteroatoms. The van der Waals surface area contributed by atoms with Crippen LogP contribution in [0.2, 0.25) is 0 Å². The number of amidine groups is 1. The summed E-state index contributed by atoms with van der Waals surface area (Å²) >= 11 is 0. The van der Waals surface area contributed by atoms with Crippen LogP contribution < -0.4 is 20.9 Å². The van der Waals surface area contributed by atoms with Crippen LogP contribution in [-0.2, 0) is 15.6 Å². The molecule has 1 aliphatic carbocycles. The minimum atomic E-state index is -3.86. The summed E-state index contributed by atoms with van der Waals surface area (Å²) in [6.45, 7) is 4.27. The molecule has 34 heavy (non-hydrogen) atoms. The Morgan fingerprint density at radius 2 is 1.94 bits per heavy atom. The van der Waals surface area contributed by atoms with Gasteiger partial charge in [-0.05, 0) is 44.9 Å². The van der Waals surface area contributed by atoms with Crippen molar-refractivity contribution in [2.24, 2.45) is 10.1 Å². The number of nitrogens with one attached hydrogen (secondary N) is 2. The van der Waals surface area contributed by atoms with Gasteiger partial charge in [-0.1, -0.05) is 19.3 Å². The van der Waals surface area contributed by atoms with Gasteiger partial charge in [0.15, 0.2) is 5.03 Å². The lowest BCUT2D eigenvalue weighted by atomic mass is 9.79. The van der Waals surface area contributed by atoms with Gasteiger partial charge in [0.05, 0.1) is 11.9 Å². The molecule has 0 aromatic carbocycles. The van der Waals surface area contributed by atoms with Gasteiger partial charge < -0.3 is 5.32 Å². The van der Waals surface area contributed by atoms with Gasteiger partial charge in [0.1, 0.15) is 22.8 Å². The largest absolute Gasteiger partial charge is 0.323 e. The van der Waals surface area contributed by atoms with Crippen LogP contribution in [0.4, 0.5) is 17.5 Å². The van der Waals surface area contributed by atoms with Crippen molar-refractivity contribution in [3.05, 3.63) is 30.6 Å². The van der Waals surface area contributed by atoms with Crippen molar-refractivity contribution in [3.8, 4) is 0 Å². The molecule has 0 unspecified atom stereocenters. The predicted molar refractivity (Wildman–Crippen MR) is 132 cm³/mol. The Labute approximate surface area is 198 Å². The molecule has 2 aliphatic rings. The molecule has 3 aromatic heterocycles. The number of aliphatic imine (C=N–C) groups is 1.